The summed E-state index contributed by atoms with van der Waals surface area (Å²) in [4.78, 5) is 0. The number of aliphatic hydroxyl groups excluding tert-OH is 5. The van der Waals surface area contributed by atoms with Crippen LogP contribution in [0.15, 0.2) is 42.5 Å². The van der Waals surface area contributed by atoms with Gasteiger partial charge in [0.25, 0.3) is 0 Å². The maximum absolute atomic E-state index is 10.5. The Morgan fingerprint density at radius 1 is 0.882 bits per heavy atom. The maximum atomic E-state index is 10.5. The molecule has 5 N–H and O–H groups in total. The number of benzene rings is 2. The predicted molar refractivity (Wildman–Crippen MR) is 129 cm³/mol. The Bertz CT molecular complexity index is 877. The van der Waals surface area contributed by atoms with Gasteiger partial charge >= 0.3 is 0 Å². The van der Waals surface area contributed by atoms with Crippen molar-refractivity contribution in [1.82, 2.24) is 0 Å². The van der Waals surface area contributed by atoms with Gasteiger partial charge in [-0.15, -0.1) is 0 Å². The van der Waals surface area contributed by atoms with Crippen LogP contribution in [-0.2, 0) is 11.2 Å². The summed E-state index contributed by atoms with van der Waals surface area (Å²) >= 11 is 0. The van der Waals surface area contributed by atoms with Gasteiger partial charge in [-0.05, 0) is 73.4 Å². The second-order valence-electron chi connectivity index (χ2n) is 9.13. The summed E-state index contributed by atoms with van der Waals surface area (Å²) in [6.07, 6.45) is 1.33. The van der Waals surface area contributed by atoms with E-state index in [-0.39, 0.29) is 0 Å². The lowest BCUT2D eigenvalue weighted by Gasteiger charge is -2.40. The van der Waals surface area contributed by atoms with Gasteiger partial charge in [-0.3, -0.25) is 0 Å². The van der Waals surface area contributed by atoms with Crippen LogP contribution in [-0.4, -0.2) is 69.8 Å². The Morgan fingerprint density at radius 3 is 2.21 bits per heavy atom. The van der Waals surface area contributed by atoms with Crippen LogP contribution in [0.4, 0.5) is 0 Å². The molecule has 188 valence electrons. The molecule has 7 nitrogen and oxygen atoms in total. The van der Waals surface area contributed by atoms with Gasteiger partial charge in [-0.25, -0.2) is 0 Å². The molecule has 0 aromatic heterocycles. The molecule has 34 heavy (non-hydrogen) atoms. The average Bonchev–Trinajstić information content (AvgIpc) is 2.87. The van der Waals surface area contributed by atoms with E-state index in [2.05, 4.69) is 12.1 Å². The Balaban J connectivity index is 0.00000158. The third-order valence-corrected chi connectivity index (χ3v) is 6.77. The van der Waals surface area contributed by atoms with Crippen LogP contribution in [0.1, 0.15) is 60.5 Å². The van der Waals surface area contributed by atoms with E-state index in [0.717, 1.165) is 42.4 Å². The van der Waals surface area contributed by atoms with Crippen molar-refractivity contribution >= 4 is 0 Å². The van der Waals surface area contributed by atoms with Gasteiger partial charge in [0.2, 0.25) is 0 Å². The first-order chi connectivity index (χ1) is 16.5. The first-order valence-corrected chi connectivity index (χ1v) is 12.1. The third-order valence-electron chi connectivity index (χ3n) is 6.77. The van der Waals surface area contributed by atoms with E-state index >= 15 is 0 Å². The Hall–Kier alpha value is -2.00. The summed E-state index contributed by atoms with van der Waals surface area (Å²) in [5, 5.41) is 47.1. The molecule has 2 aromatic carbocycles. The van der Waals surface area contributed by atoms with Gasteiger partial charge < -0.3 is 35.0 Å². The zero-order chi connectivity index (χ0) is 24.7. The highest BCUT2D eigenvalue weighted by Crippen LogP contribution is 2.33. The summed E-state index contributed by atoms with van der Waals surface area (Å²) in [6.45, 7) is 1.60. The monoisotopic (exact) mass is 474 g/mol. The van der Waals surface area contributed by atoms with E-state index in [1.54, 1.807) is 0 Å². The highest BCUT2D eigenvalue weighted by molar-refractivity contribution is 5.38. The van der Waals surface area contributed by atoms with Gasteiger partial charge in [-0.1, -0.05) is 36.8 Å². The van der Waals surface area contributed by atoms with Crippen molar-refractivity contribution in [1.29, 1.82) is 0 Å². The minimum atomic E-state index is -1.38. The van der Waals surface area contributed by atoms with Crippen LogP contribution in [0.25, 0.3) is 0 Å². The number of rotatable bonds is 6. The molecule has 7 heteroatoms. The smallest absolute Gasteiger partial charge is 0.119 e. The Kier molecular flexibility index (Phi) is 9.88. The lowest BCUT2D eigenvalue weighted by Crippen LogP contribution is -2.55. The standard InChI is InChI=1S/C26H34O6.CH4O/c1-16-7-10-18(26-25(30)24(29)23(28)22(15-27)32-26)14-19(16)13-17-8-11-21(12-9-17)31-20-5-3-2-4-6-20;1-2/h7-12,14,20,22-30H,2-6,13,15H2,1H3;2H,1H3/t22-,23-,24+,25-,26+;/m1./s1. The third kappa shape index (κ3) is 6.36. The highest BCUT2D eigenvalue weighted by Gasteiger charge is 2.43. The molecular formula is C27H38O7. The second-order valence-corrected chi connectivity index (χ2v) is 9.13. The second kappa shape index (κ2) is 12.6. The molecule has 5 atom stereocenters. The van der Waals surface area contributed by atoms with E-state index in [1.165, 1.54) is 19.3 Å². The van der Waals surface area contributed by atoms with Crippen molar-refractivity contribution in [2.24, 2.45) is 0 Å². The Morgan fingerprint density at radius 2 is 1.56 bits per heavy atom. The summed E-state index contributed by atoms with van der Waals surface area (Å²) in [5.41, 5.74) is 4.05. The van der Waals surface area contributed by atoms with Gasteiger partial charge in [0, 0.05) is 7.11 Å². The molecule has 1 aliphatic heterocycles. The van der Waals surface area contributed by atoms with E-state index in [9.17, 15) is 20.4 Å². The molecule has 0 radical (unpaired) electrons. The fourth-order valence-electron chi connectivity index (χ4n) is 4.72. The molecule has 2 fully saturated rings. The van der Waals surface area contributed by atoms with Crippen LogP contribution in [0, 0.1) is 6.92 Å². The number of ether oxygens (including phenoxy) is 2. The van der Waals surface area contributed by atoms with Crippen LogP contribution in [0.5, 0.6) is 5.75 Å². The average molecular weight is 475 g/mol. The molecule has 4 rings (SSSR count). The SMILES string of the molecule is CO.Cc1ccc([C@@H]2O[C@H](CO)[C@@H](O)[C@H](O)[C@H]2O)cc1Cc1ccc(OC2CCCCC2)cc1. The molecule has 2 aliphatic rings. The zero-order valence-electron chi connectivity index (χ0n) is 20.0. The topological polar surface area (TPSA) is 120 Å². The summed E-state index contributed by atoms with van der Waals surface area (Å²) in [7, 11) is 1.00. The maximum Gasteiger partial charge on any atom is 0.119 e. The van der Waals surface area contributed by atoms with Gasteiger partial charge in [-0.2, -0.15) is 0 Å². The number of hydrogen-bond donors (Lipinski definition) is 5. The largest absolute Gasteiger partial charge is 0.490 e. The van der Waals surface area contributed by atoms with E-state index in [0.29, 0.717) is 18.1 Å². The molecular weight excluding hydrogens is 436 g/mol. The fourth-order valence-corrected chi connectivity index (χ4v) is 4.72. The zero-order valence-corrected chi connectivity index (χ0v) is 20.0. The van der Waals surface area contributed by atoms with Crippen molar-refractivity contribution in [3.63, 3.8) is 0 Å². The number of aliphatic hydroxyl groups is 5. The van der Waals surface area contributed by atoms with E-state index < -0.39 is 37.1 Å². The molecule has 0 bridgehead atoms. The van der Waals surface area contributed by atoms with Gasteiger partial charge in [0.15, 0.2) is 0 Å². The summed E-state index contributed by atoms with van der Waals surface area (Å²) in [6, 6.07) is 14.0. The quantitative estimate of drug-likeness (QED) is 0.436. The molecule has 1 heterocycles. The van der Waals surface area contributed by atoms with Crippen molar-refractivity contribution in [3.05, 3.63) is 64.7 Å². The lowest BCUT2D eigenvalue weighted by atomic mass is 9.89. The summed E-state index contributed by atoms with van der Waals surface area (Å²) < 4.78 is 11.8. The van der Waals surface area contributed by atoms with Crippen LogP contribution in [0.2, 0.25) is 0 Å². The van der Waals surface area contributed by atoms with Crippen LogP contribution in [0.3, 0.4) is 0 Å². The molecule has 2 aromatic rings. The van der Waals surface area contributed by atoms with Crippen molar-refractivity contribution in [2.45, 2.75) is 82.1 Å². The number of hydrogen-bond acceptors (Lipinski definition) is 7. The van der Waals surface area contributed by atoms with Crippen molar-refractivity contribution < 1.29 is 35.0 Å². The molecule has 0 unspecified atom stereocenters. The first-order valence-electron chi connectivity index (χ1n) is 12.1. The molecule has 0 spiro atoms. The predicted octanol–water partition coefficient (Wildman–Crippen LogP) is 2.42. The van der Waals surface area contributed by atoms with Gasteiger partial charge in [0.05, 0.1) is 12.7 Å². The summed E-state index contributed by atoms with van der Waals surface area (Å²) in [5.74, 6) is 0.910. The minimum absolute atomic E-state index is 0.326. The Labute approximate surface area is 201 Å². The number of aryl methyl sites for hydroxylation is 1. The first kappa shape index (κ1) is 26.6. The normalized spacial score (nSPS) is 27.6. The van der Waals surface area contributed by atoms with Crippen molar-refractivity contribution in [2.75, 3.05) is 13.7 Å². The molecule has 1 saturated heterocycles. The van der Waals surface area contributed by atoms with Crippen molar-refractivity contribution in [3.8, 4) is 5.75 Å². The van der Waals surface area contributed by atoms with Crippen LogP contribution < -0.4 is 4.74 Å². The minimum Gasteiger partial charge on any atom is -0.490 e. The molecule has 1 saturated carbocycles. The van der Waals surface area contributed by atoms with E-state index in [1.807, 2.05) is 37.3 Å². The van der Waals surface area contributed by atoms with E-state index in [4.69, 9.17) is 14.6 Å². The van der Waals surface area contributed by atoms with Gasteiger partial charge in [0.1, 0.15) is 36.3 Å². The highest BCUT2D eigenvalue weighted by atomic mass is 16.5. The van der Waals surface area contributed by atoms with Crippen LogP contribution >= 0.6 is 0 Å². The lowest BCUT2D eigenvalue weighted by molar-refractivity contribution is -0.231. The molecule has 0 amide bonds. The fraction of sp³-hybridized carbons (Fsp3) is 0.556. The molecule has 1 aliphatic carbocycles.